The van der Waals surface area contributed by atoms with E-state index in [1.807, 2.05) is 60.7 Å². The first kappa shape index (κ1) is 21.6. The van der Waals surface area contributed by atoms with Crippen molar-refractivity contribution in [2.45, 2.75) is 19.4 Å². The zero-order chi connectivity index (χ0) is 23.2. The summed E-state index contributed by atoms with van der Waals surface area (Å²) in [5.41, 5.74) is 1.86. The lowest BCUT2D eigenvalue weighted by Crippen LogP contribution is -2.41. The molecule has 9 heteroatoms. The van der Waals surface area contributed by atoms with E-state index in [4.69, 9.17) is 4.74 Å². The van der Waals surface area contributed by atoms with Gasteiger partial charge in [-0.3, -0.25) is 4.79 Å². The number of ether oxygens (including phenoxy) is 1. The molecule has 3 heterocycles. The van der Waals surface area contributed by atoms with Crippen LogP contribution in [0.15, 0.2) is 79.6 Å². The Balaban J connectivity index is 1.18. The highest BCUT2D eigenvalue weighted by atomic mass is 16.5. The van der Waals surface area contributed by atoms with Crippen LogP contribution >= 0.6 is 0 Å². The van der Waals surface area contributed by atoms with Gasteiger partial charge in [-0.05, 0) is 42.7 Å². The molecule has 4 aromatic rings. The summed E-state index contributed by atoms with van der Waals surface area (Å²) < 4.78 is 7.42. The van der Waals surface area contributed by atoms with Gasteiger partial charge in [-0.25, -0.2) is 19.6 Å². The molecular weight excluding hydrogens is 430 g/mol. The number of rotatable bonds is 7. The molecule has 5 rings (SSSR count). The number of amides is 1. The minimum absolute atomic E-state index is 0.00760. The first-order valence-corrected chi connectivity index (χ1v) is 11.2. The number of benzene rings is 2. The smallest absolute Gasteiger partial charge is 0.229 e. The predicted octanol–water partition coefficient (Wildman–Crippen LogP) is 3.49. The summed E-state index contributed by atoms with van der Waals surface area (Å²) in [5.74, 6) is 2.06. The molecule has 0 aliphatic carbocycles. The molecule has 1 unspecified atom stereocenters. The molecule has 2 aromatic heterocycles. The molecule has 34 heavy (non-hydrogen) atoms. The van der Waals surface area contributed by atoms with Crippen LogP contribution in [0.1, 0.15) is 18.4 Å². The van der Waals surface area contributed by atoms with Crippen molar-refractivity contribution in [2.24, 2.45) is 5.92 Å². The van der Waals surface area contributed by atoms with Crippen molar-refractivity contribution in [1.29, 1.82) is 0 Å². The molecule has 0 bridgehead atoms. The molecule has 1 atom stereocenters. The van der Waals surface area contributed by atoms with E-state index in [2.05, 4.69) is 30.3 Å². The molecule has 0 radical (unpaired) electrons. The zero-order valence-electron chi connectivity index (χ0n) is 18.6. The van der Waals surface area contributed by atoms with Crippen LogP contribution in [0.4, 0.5) is 11.5 Å². The second kappa shape index (κ2) is 10.1. The highest BCUT2D eigenvalue weighted by molar-refractivity contribution is 5.93. The number of nitrogens with zero attached hydrogens (tertiary/aromatic N) is 6. The topological polar surface area (TPSA) is 98.1 Å². The fraction of sp³-hybridized carbons (Fsp3) is 0.240. The van der Waals surface area contributed by atoms with Gasteiger partial charge in [0.1, 0.15) is 37.2 Å². The number of nitrogens with one attached hydrogen (secondary N) is 1. The zero-order valence-corrected chi connectivity index (χ0v) is 18.6. The van der Waals surface area contributed by atoms with E-state index >= 15 is 0 Å². The lowest BCUT2D eigenvalue weighted by Gasteiger charge is -2.32. The van der Waals surface area contributed by atoms with Crippen molar-refractivity contribution in [2.75, 3.05) is 23.3 Å². The van der Waals surface area contributed by atoms with Gasteiger partial charge in [-0.1, -0.05) is 30.3 Å². The first-order chi connectivity index (χ1) is 16.7. The van der Waals surface area contributed by atoms with Gasteiger partial charge < -0.3 is 15.0 Å². The number of piperidine rings is 1. The van der Waals surface area contributed by atoms with Gasteiger partial charge in [-0.15, -0.1) is 0 Å². The van der Waals surface area contributed by atoms with Crippen LogP contribution in [-0.4, -0.2) is 43.7 Å². The number of carbonyl (C=O) groups is 1. The molecule has 1 aliphatic heterocycles. The van der Waals surface area contributed by atoms with E-state index in [-0.39, 0.29) is 11.8 Å². The number of carbonyl (C=O) groups excluding carboxylic acids is 1. The van der Waals surface area contributed by atoms with Crippen LogP contribution in [-0.2, 0) is 11.4 Å². The van der Waals surface area contributed by atoms with Crippen molar-refractivity contribution in [3.63, 3.8) is 0 Å². The van der Waals surface area contributed by atoms with E-state index in [0.717, 1.165) is 42.2 Å². The Labute approximate surface area is 197 Å². The van der Waals surface area contributed by atoms with E-state index < -0.39 is 0 Å². The van der Waals surface area contributed by atoms with E-state index in [1.165, 1.54) is 12.7 Å². The Bertz CT molecular complexity index is 1210. The lowest BCUT2D eigenvalue weighted by atomic mass is 9.97. The van der Waals surface area contributed by atoms with Crippen molar-refractivity contribution in [3.05, 3.63) is 85.2 Å². The average molecular weight is 456 g/mol. The van der Waals surface area contributed by atoms with Crippen LogP contribution in [0.2, 0.25) is 0 Å². The van der Waals surface area contributed by atoms with Gasteiger partial charge in [0.15, 0.2) is 5.82 Å². The third-order valence-corrected chi connectivity index (χ3v) is 5.78. The second-order valence-electron chi connectivity index (χ2n) is 8.15. The minimum Gasteiger partial charge on any atom is -0.489 e. The SMILES string of the molecule is O=C(Nc1ccc(OCc2ccccc2)cc1)C1CCCN(c2cc(-n3cncn3)ncn2)C1. The third kappa shape index (κ3) is 5.20. The Morgan fingerprint density at radius 3 is 2.65 bits per heavy atom. The van der Waals surface area contributed by atoms with Crippen LogP contribution in [0.5, 0.6) is 5.75 Å². The first-order valence-electron chi connectivity index (χ1n) is 11.2. The average Bonchev–Trinajstić information content (AvgIpc) is 3.44. The van der Waals surface area contributed by atoms with Crippen molar-refractivity contribution < 1.29 is 9.53 Å². The Morgan fingerprint density at radius 2 is 1.85 bits per heavy atom. The summed E-state index contributed by atoms with van der Waals surface area (Å²) in [6.07, 6.45) is 6.31. The summed E-state index contributed by atoms with van der Waals surface area (Å²) in [6.45, 7) is 1.94. The molecule has 1 N–H and O–H groups in total. The predicted molar refractivity (Wildman–Crippen MR) is 128 cm³/mol. The van der Waals surface area contributed by atoms with Gasteiger partial charge in [0.25, 0.3) is 0 Å². The van der Waals surface area contributed by atoms with Gasteiger partial charge in [0.05, 0.1) is 5.92 Å². The maximum atomic E-state index is 13.0. The minimum atomic E-state index is -0.132. The number of hydrogen-bond donors (Lipinski definition) is 1. The molecular formula is C25H25N7O2. The van der Waals surface area contributed by atoms with Gasteiger partial charge >= 0.3 is 0 Å². The summed E-state index contributed by atoms with van der Waals surface area (Å²) in [7, 11) is 0. The van der Waals surface area contributed by atoms with Crippen LogP contribution in [0.3, 0.4) is 0 Å². The standard InChI is InChI=1S/C25H25N7O2/c33-25(30-21-8-10-22(11-9-21)34-15-19-5-2-1-3-6-19)20-7-4-12-31(14-20)23-13-24(28-17-27-23)32-18-26-16-29-32/h1-3,5-6,8-11,13,16-18,20H,4,7,12,14-15H2,(H,30,33). The molecule has 1 fully saturated rings. The fourth-order valence-corrected chi connectivity index (χ4v) is 3.98. The maximum absolute atomic E-state index is 13.0. The fourth-order valence-electron chi connectivity index (χ4n) is 3.98. The van der Waals surface area contributed by atoms with E-state index in [9.17, 15) is 4.79 Å². The molecule has 172 valence electrons. The third-order valence-electron chi connectivity index (χ3n) is 5.78. The highest BCUT2D eigenvalue weighted by Crippen LogP contribution is 2.24. The number of aromatic nitrogens is 5. The van der Waals surface area contributed by atoms with E-state index in [0.29, 0.717) is 19.0 Å². The largest absolute Gasteiger partial charge is 0.489 e. The molecule has 9 nitrogen and oxygen atoms in total. The molecule has 2 aromatic carbocycles. The Hall–Kier alpha value is -4.27. The summed E-state index contributed by atoms with van der Waals surface area (Å²) in [4.78, 5) is 27.7. The quantitative estimate of drug-likeness (QED) is 0.455. The van der Waals surface area contributed by atoms with Gasteiger partial charge in [0, 0.05) is 24.8 Å². The van der Waals surface area contributed by atoms with Gasteiger partial charge in [-0.2, -0.15) is 5.10 Å². The maximum Gasteiger partial charge on any atom is 0.229 e. The highest BCUT2D eigenvalue weighted by Gasteiger charge is 2.27. The normalized spacial score (nSPS) is 15.6. The molecule has 0 spiro atoms. The second-order valence-corrected chi connectivity index (χ2v) is 8.15. The van der Waals surface area contributed by atoms with Crippen molar-refractivity contribution >= 4 is 17.4 Å². The Kier molecular flexibility index (Phi) is 6.42. The van der Waals surface area contributed by atoms with Crippen molar-refractivity contribution in [1.82, 2.24) is 24.7 Å². The molecule has 1 aliphatic rings. The summed E-state index contributed by atoms with van der Waals surface area (Å²) in [5, 5.41) is 7.16. The summed E-state index contributed by atoms with van der Waals surface area (Å²) in [6, 6.07) is 19.4. The lowest BCUT2D eigenvalue weighted by molar-refractivity contribution is -0.120. The Morgan fingerprint density at radius 1 is 1.03 bits per heavy atom. The number of hydrogen-bond acceptors (Lipinski definition) is 7. The number of anilines is 2. The molecule has 1 saturated heterocycles. The molecule has 1 amide bonds. The summed E-state index contributed by atoms with van der Waals surface area (Å²) >= 11 is 0. The van der Waals surface area contributed by atoms with Crippen molar-refractivity contribution in [3.8, 4) is 11.6 Å². The van der Waals surface area contributed by atoms with Crippen LogP contribution in [0.25, 0.3) is 5.82 Å². The van der Waals surface area contributed by atoms with Crippen LogP contribution in [0, 0.1) is 5.92 Å². The molecule has 0 saturated carbocycles. The monoisotopic (exact) mass is 455 g/mol. The van der Waals surface area contributed by atoms with Gasteiger partial charge in [0.2, 0.25) is 5.91 Å². The van der Waals surface area contributed by atoms with E-state index in [1.54, 1.807) is 11.0 Å². The van der Waals surface area contributed by atoms with Crippen LogP contribution < -0.4 is 15.0 Å².